The van der Waals surface area contributed by atoms with E-state index in [2.05, 4.69) is 32.5 Å². The largest absolute Gasteiger partial charge is 0.352 e. The lowest BCUT2D eigenvalue weighted by Crippen LogP contribution is -2.25. The summed E-state index contributed by atoms with van der Waals surface area (Å²) in [5.74, 6) is 1.14. The van der Waals surface area contributed by atoms with Gasteiger partial charge in [0.05, 0.1) is 0 Å². The molecule has 2 aromatic heterocycles. The summed E-state index contributed by atoms with van der Waals surface area (Å²) in [6.07, 6.45) is 11.7. The molecule has 0 saturated carbocycles. The first-order valence-electron chi connectivity index (χ1n) is 7.05. The highest BCUT2D eigenvalue weighted by molar-refractivity contribution is 5.76. The number of pyridine rings is 1. The lowest BCUT2D eigenvalue weighted by atomic mass is 10.1. The third-order valence-corrected chi connectivity index (χ3v) is 3.54. The van der Waals surface area contributed by atoms with Crippen molar-refractivity contribution in [2.75, 3.05) is 0 Å². The van der Waals surface area contributed by atoms with Gasteiger partial charge in [0.25, 0.3) is 0 Å². The molecule has 1 amide bonds. The van der Waals surface area contributed by atoms with Crippen LogP contribution in [0.1, 0.15) is 24.8 Å². The number of hydrogen-bond donors (Lipinski definition) is 1. The Morgan fingerprint density at radius 2 is 2.43 bits per heavy atom. The smallest absolute Gasteiger partial charge is 0.220 e. The Morgan fingerprint density at radius 1 is 1.48 bits per heavy atom. The van der Waals surface area contributed by atoms with Crippen LogP contribution in [0.4, 0.5) is 0 Å². The normalized spacial score (nSPS) is 17.0. The molecule has 1 aliphatic carbocycles. The Hall–Kier alpha value is -2.50. The molecule has 1 aliphatic rings. The van der Waals surface area contributed by atoms with Crippen LogP contribution >= 0.6 is 0 Å². The topological polar surface area (TPSA) is 72.7 Å². The monoisotopic (exact) mass is 283 g/mol. The molecule has 0 spiro atoms. The summed E-state index contributed by atoms with van der Waals surface area (Å²) in [4.78, 5) is 20.2. The molecule has 1 N–H and O–H groups in total. The molecule has 3 rings (SSSR count). The summed E-state index contributed by atoms with van der Waals surface area (Å²) in [6.45, 7) is 0.443. The van der Waals surface area contributed by atoms with Crippen LogP contribution in [-0.4, -0.2) is 25.7 Å². The van der Waals surface area contributed by atoms with Crippen molar-refractivity contribution in [2.45, 2.75) is 25.8 Å². The number of allylic oxidation sites excluding steroid dienone is 2. The van der Waals surface area contributed by atoms with Gasteiger partial charge in [-0.3, -0.25) is 4.79 Å². The number of aromatic nitrogens is 4. The Kier molecular flexibility index (Phi) is 4.04. The maximum atomic E-state index is 12.0. The molecule has 2 heterocycles. The third-order valence-electron chi connectivity index (χ3n) is 3.54. The van der Waals surface area contributed by atoms with Gasteiger partial charge >= 0.3 is 0 Å². The molecule has 108 valence electrons. The van der Waals surface area contributed by atoms with Crippen molar-refractivity contribution in [1.29, 1.82) is 0 Å². The summed E-state index contributed by atoms with van der Waals surface area (Å²) < 4.78 is 1.60. The predicted molar refractivity (Wildman–Crippen MR) is 77.5 cm³/mol. The molecule has 0 aromatic carbocycles. The van der Waals surface area contributed by atoms with Crippen LogP contribution in [0.5, 0.6) is 0 Å². The van der Waals surface area contributed by atoms with E-state index < -0.39 is 0 Å². The van der Waals surface area contributed by atoms with Crippen LogP contribution in [0.15, 0.2) is 43.1 Å². The average Bonchev–Trinajstić information content (AvgIpc) is 3.18. The van der Waals surface area contributed by atoms with Crippen molar-refractivity contribution in [2.24, 2.45) is 5.92 Å². The van der Waals surface area contributed by atoms with Gasteiger partial charge in [-0.15, -0.1) is 0 Å². The van der Waals surface area contributed by atoms with Gasteiger partial charge in [0.15, 0.2) is 5.82 Å². The van der Waals surface area contributed by atoms with Crippen molar-refractivity contribution in [3.05, 3.63) is 48.7 Å². The highest BCUT2D eigenvalue weighted by Gasteiger charge is 2.14. The van der Waals surface area contributed by atoms with Gasteiger partial charge in [-0.1, -0.05) is 18.2 Å². The number of amides is 1. The van der Waals surface area contributed by atoms with Crippen LogP contribution in [0, 0.1) is 5.92 Å². The average molecular weight is 283 g/mol. The number of nitrogens with zero attached hydrogens (tertiary/aromatic N) is 4. The quantitative estimate of drug-likeness (QED) is 0.847. The van der Waals surface area contributed by atoms with Crippen molar-refractivity contribution >= 4 is 5.91 Å². The Morgan fingerprint density at radius 3 is 3.19 bits per heavy atom. The SMILES string of the molecule is O=C(C[C@H]1C=CCC1)NCc1cccnc1-n1cncn1. The second kappa shape index (κ2) is 6.30. The van der Waals surface area contributed by atoms with E-state index in [-0.39, 0.29) is 5.91 Å². The molecule has 0 unspecified atom stereocenters. The molecule has 0 saturated heterocycles. The van der Waals surface area contributed by atoms with Gasteiger partial charge in [0.1, 0.15) is 12.7 Å². The van der Waals surface area contributed by atoms with Crippen molar-refractivity contribution in [3.8, 4) is 5.82 Å². The zero-order chi connectivity index (χ0) is 14.5. The molecule has 6 nitrogen and oxygen atoms in total. The van der Waals surface area contributed by atoms with E-state index in [1.807, 2.05) is 12.1 Å². The van der Waals surface area contributed by atoms with Gasteiger partial charge in [0, 0.05) is 24.7 Å². The van der Waals surface area contributed by atoms with Crippen LogP contribution in [0.25, 0.3) is 5.82 Å². The summed E-state index contributed by atoms with van der Waals surface area (Å²) in [6, 6.07) is 3.78. The maximum absolute atomic E-state index is 12.0. The molecular weight excluding hydrogens is 266 g/mol. The predicted octanol–water partition coefficient (Wildman–Crippen LogP) is 1.63. The zero-order valence-electron chi connectivity index (χ0n) is 11.6. The highest BCUT2D eigenvalue weighted by Crippen LogP contribution is 2.20. The highest BCUT2D eigenvalue weighted by atomic mass is 16.1. The molecular formula is C15H17N5O. The van der Waals surface area contributed by atoms with Crippen LogP contribution in [0.3, 0.4) is 0 Å². The molecule has 0 aliphatic heterocycles. The molecule has 0 fully saturated rings. The molecule has 0 bridgehead atoms. The lowest BCUT2D eigenvalue weighted by Gasteiger charge is -2.11. The van der Waals surface area contributed by atoms with Crippen molar-refractivity contribution < 1.29 is 4.79 Å². The van der Waals surface area contributed by atoms with Gasteiger partial charge in [-0.2, -0.15) is 5.10 Å². The molecule has 6 heteroatoms. The van der Waals surface area contributed by atoms with Gasteiger partial charge in [-0.05, 0) is 24.8 Å². The van der Waals surface area contributed by atoms with E-state index in [0.29, 0.717) is 24.7 Å². The van der Waals surface area contributed by atoms with Crippen molar-refractivity contribution in [1.82, 2.24) is 25.1 Å². The second-order valence-electron chi connectivity index (χ2n) is 5.07. The van der Waals surface area contributed by atoms with E-state index in [9.17, 15) is 4.79 Å². The molecule has 0 radical (unpaired) electrons. The fourth-order valence-electron chi connectivity index (χ4n) is 2.46. The van der Waals surface area contributed by atoms with Gasteiger partial charge in [0.2, 0.25) is 5.91 Å². The lowest BCUT2D eigenvalue weighted by molar-refractivity contribution is -0.121. The van der Waals surface area contributed by atoms with E-state index >= 15 is 0 Å². The summed E-state index contributed by atoms with van der Waals surface area (Å²) in [5, 5.41) is 7.03. The third kappa shape index (κ3) is 3.34. The molecule has 1 atom stereocenters. The van der Waals surface area contributed by atoms with Crippen LogP contribution < -0.4 is 5.32 Å². The summed E-state index contributed by atoms with van der Waals surface area (Å²) in [7, 11) is 0. The van der Waals surface area contributed by atoms with Crippen LogP contribution in [0.2, 0.25) is 0 Å². The fourth-order valence-corrected chi connectivity index (χ4v) is 2.46. The number of carbonyl (C=O) groups excluding carboxylic acids is 1. The number of carbonyl (C=O) groups is 1. The summed E-state index contributed by atoms with van der Waals surface area (Å²) >= 11 is 0. The summed E-state index contributed by atoms with van der Waals surface area (Å²) in [5.41, 5.74) is 0.915. The Labute approximate surface area is 122 Å². The Balaban J connectivity index is 1.62. The zero-order valence-corrected chi connectivity index (χ0v) is 11.6. The minimum Gasteiger partial charge on any atom is -0.352 e. The van der Waals surface area contributed by atoms with E-state index in [1.165, 1.54) is 6.33 Å². The first kappa shape index (κ1) is 13.5. The minimum atomic E-state index is 0.0694. The fraction of sp³-hybridized carbons (Fsp3) is 0.333. The van der Waals surface area contributed by atoms with Gasteiger partial charge in [-0.25, -0.2) is 14.6 Å². The number of rotatable bonds is 5. The maximum Gasteiger partial charge on any atom is 0.220 e. The standard InChI is InChI=1S/C15H17N5O/c21-14(8-12-4-1-2-5-12)18-9-13-6-3-7-17-15(13)20-11-16-10-19-20/h1,3-4,6-7,10-12H,2,5,8-9H2,(H,18,21)/t12-/m0/s1. The first-order valence-corrected chi connectivity index (χ1v) is 7.05. The molecule has 21 heavy (non-hydrogen) atoms. The van der Waals surface area contributed by atoms with Crippen LogP contribution in [-0.2, 0) is 11.3 Å². The van der Waals surface area contributed by atoms with E-state index in [0.717, 1.165) is 18.4 Å². The first-order chi connectivity index (χ1) is 10.3. The van der Waals surface area contributed by atoms with E-state index in [1.54, 1.807) is 17.2 Å². The minimum absolute atomic E-state index is 0.0694. The number of hydrogen-bond acceptors (Lipinski definition) is 4. The second-order valence-corrected chi connectivity index (χ2v) is 5.07. The van der Waals surface area contributed by atoms with Gasteiger partial charge < -0.3 is 5.32 Å². The number of nitrogens with one attached hydrogen (secondary N) is 1. The van der Waals surface area contributed by atoms with E-state index in [4.69, 9.17) is 0 Å². The Bertz CT molecular complexity index is 635. The van der Waals surface area contributed by atoms with Crippen molar-refractivity contribution in [3.63, 3.8) is 0 Å². The molecule has 2 aromatic rings.